The Morgan fingerprint density at radius 2 is 2.07 bits per heavy atom. The molecular weight excluding hydrogens is 390 g/mol. The van der Waals surface area contributed by atoms with Gasteiger partial charge in [-0.2, -0.15) is 5.26 Å². The number of aryl methyl sites for hydroxylation is 1. The van der Waals surface area contributed by atoms with Crippen LogP contribution < -0.4 is 0 Å². The maximum Gasteiger partial charge on any atom is 0.337 e. The Bertz CT molecular complexity index is 1320. The van der Waals surface area contributed by atoms with Gasteiger partial charge in [-0.15, -0.1) is 0 Å². The van der Waals surface area contributed by atoms with Crippen LogP contribution in [0.15, 0.2) is 52.9 Å². The topological polar surface area (TPSA) is 103 Å². The van der Waals surface area contributed by atoms with Crippen LogP contribution in [0.4, 0.5) is 0 Å². The fourth-order valence-corrected chi connectivity index (χ4v) is 3.17. The van der Waals surface area contributed by atoms with Crippen molar-refractivity contribution < 1.29 is 14.3 Å². The van der Waals surface area contributed by atoms with Crippen LogP contribution in [0.25, 0.3) is 34.0 Å². The van der Waals surface area contributed by atoms with Gasteiger partial charge in [0.1, 0.15) is 23.4 Å². The Labute approximate surface area is 170 Å². The van der Waals surface area contributed by atoms with Crippen molar-refractivity contribution in [1.82, 2.24) is 9.97 Å². The van der Waals surface area contributed by atoms with Gasteiger partial charge in [-0.1, -0.05) is 17.7 Å². The van der Waals surface area contributed by atoms with Crippen molar-refractivity contribution in [1.29, 1.82) is 5.26 Å². The van der Waals surface area contributed by atoms with Gasteiger partial charge in [0.25, 0.3) is 0 Å². The van der Waals surface area contributed by atoms with Crippen LogP contribution in [-0.4, -0.2) is 21.0 Å². The van der Waals surface area contributed by atoms with Crippen LogP contribution >= 0.6 is 11.6 Å². The molecular formula is C22H14ClN3O3. The highest BCUT2D eigenvalue weighted by atomic mass is 35.5. The fraction of sp³-hybridized carbons (Fsp3) is 0.0455. The molecule has 0 aliphatic carbocycles. The lowest BCUT2D eigenvalue weighted by Gasteiger charge is -2.02. The number of nitrogens with zero attached hydrogens (tertiary/aromatic N) is 2. The Morgan fingerprint density at radius 3 is 2.83 bits per heavy atom. The third kappa shape index (κ3) is 3.64. The number of halogens is 1. The molecule has 2 aromatic heterocycles. The van der Waals surface area contributed by atoms with Gasteiger partial charge in [0.2, 0.25) is 0 Å². The molecule has 6 nitrogen and oxygen atoms in total. The summed E-state index contributed by atoms with van der Waals surface area (Å²) in [6.45, 7) is 1.98. The molecule has 0 saturated carbocycles. The number of carboxylic acid groups (broad SMARTS) is 1. The van der Waals surface area contributed by atoms with E-state index in [1.54, 1.807) is 24.3 Å². The minimum atomic E-state index is -1.12. The van der Waals surface area contributed by atoms with Crippen LogP contribution in [0.5, 0.6) is 0 Å². The molecule has 0 aliphatic rings. The number of rotatable bonds is 4. The van der Waals surface area contributed by atoms with Crippen LogP contribution in [0, 0.1) is 18.3 Å². The van der Waals surface area contributed by atoms with Crippen molar-refractivity contribution >= 4 is 40.3 Å². The highest BCUT2D eigenvalue weighted by molar-refractivity contribution is 6.33. The van der Waals surface area contributed by atoms with Crippen LogP contribution in [0.2, 0.25) is 5.02 Å². The number of aromatic carboxylic acids is 1. The molecule has 2 N–H and O–H groups in total. The highest BCUT2D eigenvalue weighted by Crippen LogP contribution is 2.28. The van der Waals surface area contributed by atoms with Gasteiger partial charge in [-0.3, -0.25) is 0 Å². The number of carbonyl (C=O) groups is 1. The third-order valence-electron chi connectivity index (χ3n) is 4.41. The first-order valence-corrected chi connectivity index (χ1v) is 9.04. The van der Waals surface area contributed by atoms with Crippen molar-refractivity contribution in [3.63, 3.8) is 0 Å². The predicted molar refractivity (Wildman–Crippen MR) is 110 cm³/mol. The number of nitrogens with one attached hydrogen (secondary N) is 1. The zero-order valence-electron chi connectivity index (χ0n) is 15.2. The molecule has 0 aliphatic heterocycles. The summed E-state index contributed by atoms with van der Waals surface area (Å²) < 4.78 is 5.79. The van der Waals surface area contributed by atoms with E-state index in [1.807, 2.05) is 25.1 Å². The summed E-state index contributed by atoms with van der Waals surface area (Å²) in [7, 11) is 0. The first-order valence-electron chi connectivity index (χ1n) is 8.66. The van der Waals surface area contributed by atoms with Crippen molar-refractivity contribution in [2.45, 2.75) is 6.92 Å². The quantitative estimate of drug-likeness (QED) is 0.435. The van der Waals surface area contributed by atoms with E-state index in [1.165, 1.54) is 12.1 Å². The van der Waals surface area contributed by atoms with Gasteiger partial charge in [0.15, 0.2) is 0 Å². The summed E-state index contributed by atoms with van der Waals surface area (Å²) in [6.07, 6.45) is 1.59. The summed E-state index contributed by atoms with van der Waals surface area (Å²) in [5, 5.41) is 19.0. The number of furan rings is 1. The maximum absolute atomic E-state index is 11.3. The minimum absolute atomic E-state index is 0.00654. The molecule has 4 aromatic rings. The van der Waals surface area contributed by atoms with E-state index < -0.39 is 5.97 Å². The number of allylic oxidation sites excluding steroid dienone is 1. The number of fused-ring (bicyclic) bond motifs is 1. The van der Waals surface area contributed by atoms with E-state index in [0.29, 0.717) is 28.5 Å². The average molecular weight is 404 g/mol. The molecule has 142 valence electrons. The van der Waals surface area contributed by atoms with Gasteiger partial charge < -0.3 is 14.5 Å². The summed E-state index contributed by atoms with van der Waals surface area (Å²) in [5.74, 6) is 0.245. The van der Waals surface area contributed by atoms with E-state index in [4.69, 9.17) is 16.0 Å². The molecule has 0 atom stereocenters. The van der Waals surface area contributed by atoms with Gasteiger partial charge in [0.05, 0.1) is 27.2 Å². The van der Waals surface area contributed by atoms with Crippen LogP contribution in [0.1, 0.15) is 27.5 Å². The lowest BCUT2D eigenvalue weighted by Crippen LogP contribution is -1.97. The summed E-state index contributed by atoms with van der Waals surface area (Å²) in [5.41, 5.74) is 3.60. The van der Waals surface area contributed by atoms with Gasteiger partial charge in [-0.25, -0.2) is 9.78 Å². The minimum Gasteiger partial charge on any atom is -0.478 e. The third-order valence-corrected chi connectivity index (χ3v) is 4.74. The van der Waals surface area contributed by atoms with Gasteiger partial charge >= 0.3 is 5.97 Å². The molecule has 0 amide bonds. The second kappa shape index (κ2) is 7.30. The fourth-order valence-electron chi connectivity index (χ4n) is 2.97. The smallest absolute Gasteiger partial charge is 0.337 e. The Kier molecular flexibility index (Phi) is 4.67. The SMILES string of the molecule is Cc1ccc2nc(C(C#N)=Cc3ccc(-c4ccc(Cl)c(C(=O)O)c4)o3)[nH]c2c1. The predicted octanol–water partition coefficient (Wildman–Crippen LogP) is 5.55. The van der Waals surface area contributed by atoms with E-state index in [9.17, 15) is 15.2 Å². The van der Waals surface area contributed by atoms with E-state index in [2.05, 4.69) is 16.0 Å². The molecule has 0 unspecified atom stereocenters. The number of aromatic nitrogens is 2. The highest BCUT2D eigenvalue weighted by Gasteiger charge is 2.13. The molecule has 0 spiro atoms. The maximum atomic E-state index is 11.3. The molecule has 2 heterocycles. The normalized spacial score (nSPS) is 11.6. The molecule has 29 heavy (non-hydrogen) atoms. The van der Waals surface area contributed by atoms with Crippen molar-refractivity contribution in [3.05, 3.63) is 76.3 Å². The standard InChI is InChI=1S/C22H14ClN3O3/c1-12-2-6-18-19(8-12)26-21(25-18)14(11-24)9-15-4-7-20(29-15)13-3-5-17(23)16(10-13)22(27)28/h2-10H,1H3,(H,25,26)(H,27,28). The molecule has 0 bridgehead atoms. The average Bonchev–Trinajstić information content (AvgIpc) is 3.32. The summed E-state index contributed by atoms with van der Waals surface area (Å²) >= 11 is 5.92. The van der Waals surface area contributed by atoms with Crippen LogP contribution in [-0.2, 0) is 0 Å². The van der Waals surface area contributed by atoms with Gasteiger partial charge in [-0.05, 0) is 55.0 Å². The lowest BCUT2D eigenvalue weighted by atomic mass is 10.1. The van der Waals surface area contributed by atoms with E-state index >= 15 is 0 Å². The zero-order chi connectivity index (χ0) is 20.5. The second-order valence-electron chi connectivity index (χ2n) is 6.48. The monoisotopic (exact) mass is 403 g/mol. The Hall–Kier alpha value is -3.82. The number of hydrogen-bond donors (Lipinski definition) is 2. The number of carboxylic acids is 1. The number of aromatic amines is 1. The van der Waals surface area contributed by atoms with Crippen molar-refractivity contribution in [2.24, 2.45) is 0 Å². The summed E-state index contributed by atoms with van der Waals surface area (Å²) in [6, 6.07) is 16.0. The van der Waals surface area contributed by atoms with E-state index in [0.717, 1.165) is 16.6 Å². The molecule has 2 aromatic carbocycles. The van der Waals surface area contributed by atoms with Crippen molar-refractivity contribution in [2.75, 3.05) is 0 Å². The number of H-pyrrole nitrogens is 1. The molecule has 7 heteroatoms. The van der Waals surface area contributed by atoms with Crippen molar-refractivity contribution in [3.8, 4) is 17.4 Å². The molecule has 0 saturated heterocycles. The molecule has 0 radical (unpaired) electrons. The van der Waals surface area contributed by atoms with E-state index in [-0.39, 0.29) is 10.6 Å². The zero-order valence-corrected chi connectivity index (χ0v) is 16.0. The molecule has 4 rings (SSSR count). The first kappa shape index (κ1) is 18.5. The number of hydrogen-bond acceptors (Lipinski definition) is 4. The summed E-state index contributed by atoms with van der Waals surface area (Å²) in [4.78, 5) is 18.9. The Balaban J connectivity index is 1.69. The largest absolute Gasteiger partial charge is 0.478 e. The van der Waals surface area contributed by atoms with Crippen LogP contribution in [0.3, 0.4) is 0 Å². The molecule has 0 fully saturated rings. The number of nitriles is 1. The number of imidazole rings is 1. The lowest BCUT2D eigenvalue weighted by molar-refractivity contribution is 0.0697. The number of benzene rings is 2. The van der Waals surface area contributed by atoms with Gasteiger partial charge in [0, 0.05) is 11.6 Å². The Morgan fingerprint density at radius 1 is 1.24 bits per heavy atom. The first-order chi connectivity index (χ1) is 13.9. The second-order valence-corrected chi connectivity index (χ2v) is 6.88.